The molecule has 3 saturated heterocycles. The van der Waals surface area contributed by atoms with Crippen molar-refractivity contribution in [1.29, 1.82) is 0 Å². The summed E-state index contributed by atoms with van der Waals surface area (Å²) >= 11 is 0. The van der Waals surface area contributed by atoms with Gasteiger partial charge in [0.1, 0.15) is 17.2 Å². The van der Waals surface area contributed by atoms with Crippen molar-refractivity contribution in [3.63, 3.8) is 0 Å². The van der Waals surface area contributed by atoms with Crippen molar-refractivity contribution in [1.82, 2.24) is 4.90 Å². The summed E-state index contributed by atoms with van der Waals surface area (Å²) in [6.07, 6.45) is 1.46. The normalized spacial score (nSPS) is 32.0. The van der Waals surface area contributed by atoms with Crippen LogP contribution in [0.1, 0.15) is 18.4 Å². The second-order valence-electron chi connectivity index (χ2n) is 8.31. The largest absolute Gasteiger partial charge is 0.324 e. The van der Waals surface area contributed by atoms with E-state index in [0.717, 1.165) is 11.3 Å². The van der Waals surface area contributed by atoms with Crippen molar-refractivity contribution in [2.75, 3.05) is 16.8 Å². The van der Waals surface area contributed by atoms with E-state index in [4.69, 9.17) is 0 Å². The number of carbonyl (C=O) groups excluding carboxylic acids is 3. The van der Waals surface area contributed by atoms with E-state index in [0.29, 0.717) is 24.2 Å². The minimum atomic E-state index is -1.41. The lowest BCUT2D eigenvalue weighted by atomic mass is 9.75. The number of hydrogen-bond donors (Lipinski definition) is 1. The van der Waals surface area contributed by atoms with Crippen LogP contribution >= 0.6 is 0 Å². The molecule has 0 aliphatic carbocycles. The van der Waals surface area contributed by atoms with Crippen LogP contribution in [0.25, 0.3) is 0 Å². The Labute approximate surface area is 170 Å². The van der Waals surface area contributed by atoms with Crippen molar-refractivity contribution in [2.45, 2.75) is 24.4 Å². The molecule has 0 aromatic heterocycles. The van der Waals surface area contributed by atoms with Gasteiger partial charge in [-0.1, -0.05) is 0 Å². The molecular formula is C22H17F2N3O3. The zero-order chi connectivity index (χ0) is 20.8. The third-order valence-electron chi connectivity index (χ3n) is 7.04. The van der Waals surface area contributed by atoms with E-state index in [9.17, 15) is 23.2 Å². The van der Waals surface area contributed by atoms with Crippen LogP contribution in [0.3, 0.4) is 0 Å². The van der Waals surface area contributed by atoms with Gasteiger partial charge in [-0.2, -0.15) is 0 Å². The third-order valence-corrected chi connectivity index (χ3v) is 7.04. The summed E-state index contributed by atoms with van der Waals surface area (Å²) in [6, 6.07) is 8.91. The molecule has 4 aliphatic heterocycles. The van der Waals surface area contributed by atoms with Gasteiger partial charge >= 0.3 is 0 Å². The Morgan fingerprint density at radius 2 is 1.70 bits per heavy atom. The second kappa shape index (κ2) is 5.72. The fourth-order valence-corrected chi connectivity index (χ4v) is 6.02. The SMILES string of the molecule is O=C1C2C3CCCN3C3(C(=O)Nc4ccc(F)cc43)C2C(=O)N1c1ccc(F)cc1. The molecule has 4 aliphatic rings. The van der Waals surface area contributed by atoms with Crippen LogP contribution in [-0.2, 0) is 19.9 Å². The van der Waals surface area contributed by atoms with Gasteiger partial charge in [0.05, 0.1) is 17.5 Å². The molecule has 1 spiro atoms. The Morgan fingerprint density at radius 1 is 0.967 bits per heavy atom. The first kappa shape index (κ1) is 17.7. The first-order valence-corrected chi connectivity index (χ1v) is 9.96. The standard InChI is InChI=1S/C22H17F2N3O3/c23-11-3-6-13(7-4-11)27-19(28)17-16-2-1-9-26(16)22(18(17)20(27)29)14-10-12(24)5-8-15(14)25-21(22)30/h3-8,10,16-18H,1-2,9H2,(H,25,30). The van der Waals surface area contributed by atoms with Crippen LogP contribution in [0.5, 0.6) is 0 Å². The predicted octanol–water partition coefficient (Wildman–Crippen LogP) is 2.40. The molecule has 0 radical (unpaired) electrons. The van der Waals surface area contributed by atoms with Crippen molar-refractivity contribution in [3.05, 3.63) is 59.7 Å². The third kappa shape index (κ3) is 1.92. The lowest BCUT2D eigenvalue weighted by Gasteiger charge is -2.36. The highest BCUT2D eigenvalue weighted by molar-refractivity contribution is 6.25. The summed E-state index contributed by atoms with van der Waals surface area (Å²) in [5.74, 6) is -3.92. The van der Waals surface area contributed by atoms with E-state index in [1.807, 2.05) is 4.90 Å². The number of benzene rings is 2. The van der Waals surface area contributed by atoms with E-state index in [1.54, 1.807) is 0 Å². The summed E-state index contributed by atoms with van der Waals surface area (Å²) in [5.41, 5.74) is -0.259. The van der Waals surface area contributed by atoms with Crippen LogP contribution < -0.4 is 10.2 Å². The molecule has 3 amide bonds. The van der Waals surface area contributed by atoms with Crippen LogP contribution in [0, 0.1) is 23.5 Å². The van der Waals surface area contributed by atoms with Crippen LogP contribution in [-0.4, -0.2) is 35.2 Å². The monoisotopic (exact) mass is 409 g/mol. The van der Waals surface area contributed by atoms with E-state index < -0.39 is 40.8 Å². The zero-order valence-corrected chi connectivity index (χ0v) is 15.8. The van der Waals surface area contributed by atoms with E-state index >= 15 is 0 Å². The number of anilines is 2. The number of hydrogen-bond acceptors (Lipinski definition) is 4. The summed E-state index contributed by atoms with van der Waals surface area (Å²) < 4.78 is 27.6. The maximum Gasteiger partial charge on any atom is 0.250 e. The molecule has 4 heterocycles. The Morgan fingerprint density at radius 3 is 2.47 bits per heavy atom. The molecule has 1 N–H and O–H groups in total. The Hall–Kier alpha value is -3.13. The summed E-state index contributed by atoms with van der Waals surface area (Å²) in [4.78, 5) is 43.4. The van der Waals surface area contributed by atoms with Gasteiger partial charge in [0.2, 0.25) is 17.7 Å². The molecule has 3 fully saturated rings. The maximum absolute atomic E-state index is 14.2. The molecule has 2 aromatic carbocycles. The predicted molar refractivity (Wildman–Crippen MR) is 102 cm³/mol. The van der Waals surface area contributed by atoms with Gasteiger partial charge in [0.15, 0.2) is 0 Å². The second-order valence-corrected chi connectivity index (χ2v) is 8.31. The number of rotatable bonds is 1. The number of fused-ring (bicyclic) bond motifs is 7. The van der Waals surface area contributed by atoms with Crippen molar-refractivity contribution >= 4 is 29.1 Å². The van der Waals surface area contributed by atoms with Gasteiger partial charge in [0.25, 0.3) is 0 Å². The van der Waals surface area contributed by atoms with E-state index in [1.165, 1.54) is 42.5 Å². The molecule has 2 aromatic rings. The fourth-order valence-electron chi connectivity index (χ4n) is 6.02. The van der Waals surface area contributed by atoms with Gasteiger partial charge in [0, 0.05) is 17.3 Å². The van der Waals surface area contributed by atoms with Crippen LogP contribution in [0.2, 0.25) is 0 Å². The highest BCUT2D eigenvalue weighted by Gasteiger charge is 2.74. The topological polar surface area (TPSA) is 69.7 Å². The smallest absolute Gasteiger partial charge is 0.250 e. The Kier molecular flexibility index (Phi) is 3.38. The molecule has 0 bridgehead atoms. The molecule has 6 rings (SSSR count). The van der Waals surface area contributed by atoms with Gasteiger partial charge < -0.3 is 5.32 Å². The average Bonchev–Trinajstić information content (AvgIpc) is 3.42. The summed E-state index contributed by atoms with van der Waals surface area (Å²) in [5, 5.41) is 2.80. The zero-order valence-electron chi connectivity index (χ0n) is 15.8. The Bertz CT molecular complexity index is 1130. The summed E-state index contributed by atoms with van der Waals surface area (Å²) in [7, 11) is 0. The molecule has 6 nitrogen and oxygen atoms in total. The van der Waals surface area contributed by atoms with Gasteiger partial charge in [-0.3, -0.25) is 19.3 Å². The molecule has 0 saturated carbocycles. The summed E-state index contributed by atoms with van der Waals surface area (Å²) in [6.45, 7) is 0.554. The molecule has 4 unspecified atom stereocenters. The molecule has 4 atom stereocenters. The molecule has 8 heteroatoms. The highest BCUT2D eigenvalue weighted by Crippen LogP contribution is 2.60. The lowest BCUT2D eigenvalue weighted by Crippen LogP contribution is -2.54. The number of nitrogens with one attached hydrogen (secondary N) is 1. The molecule has 30 heavy (non-hydrogen) atoms. The molecule has 152 valence electrons. The van der Waals surface area contributed by atoms with Gasteiger partial charge in [-0.25, -0.2) is 13.7 Å². The fraction of sp³-hybridized carbons (Fsp3) is 0.318. The quantitative estimate of drug-likeness (QED) is 0.735. The first-order chi connectivity index (χ1) is 14.4. The number of carbonyl (C=O) groups is 3. The van der Waals surface area contributed by atoms with Crippen molar-refractivity contribution in [2.24, 2.45) is 11.8 Å². The van der Waals surface area contributed by atoms with E-state index in [2.05, 4.69) is 5.32 Å². The van der Waals surface area contributed by atoms with Gasteiger partial charge in [-0.15, -0.1) is 0 Å². The van der Waals surface area contributed by atoms with Crippen LogP contribution in [0.15, 0.2) is 42.5 Å². The van der Waals surface area contributed by atoms with E-state index in [-0.39, 0.29) is 17.6 Å². The minimum Gasteiger partial charge on any atom is -0.324 e. The van der Waals surface area contributed by atoms with Crippen molar-refractivity contribution in [3.8, 4) is 0 Å². The van der Waals surface area contributed by atoms with Gasteiger partial charge in [-0.05, 0) is 61.9 Å². The number of imide groups is 1. The Balaban J connectivity index is 1.56. The van der Waals surface area contributed by atoms with Crippen molar-refractivity contribution < 1.29 is 23.2 Å². The van der Waals surface area contributed by atoms with Crippen LogP contribution in [0.4, 0.5) is 20.2 Å². The highest BCUT2D eigenvalue weighted by atomic mass is 19.1. The first-order valence-electron chi connectivity index (χ1n) is 9.96. The lowest BCUT2D eigenvalue weighted by molar-refractivity contribution is -0.135. The maximum atomic E-state index is 14.2. The average molecular weight is 409 g/mol. The minimum absolute atomic E-state index is 0.276. The number of halogens is 2. The number of amides is 3. The number of nitrogens with zero attached hydrogens (tertiary/aromatic N) is 2. The molecular weight excluding hydrogens is 392 g/mol.